The number of nitrogens with zero attached hydrogens (tertiary/aromatic N) is 1. The Hall–Kier alpha value is -1.36. The van der Waals surface area contributed by atoms with E-state index < -0.39 is 5.69 Å². The Bertz CT molecular complexity index is 324. The van der Waals surface area contributed by atoms with Crippen LogP contribution in [0.1, 0.15) is 0 Å². The van der Waals surface area contributed by atoms with Crippen molar-refractivity contribution in [2.24, 2.45) is 0 Å². The summed E-state index contributed by atoms with van der Waals surface area (Å²) in [5, 5.41) is 0. The van der Waals surface area contributed by atoms with Crippen LogP contribution in [0, 0.1) is 0 Å². The molecule has 0 aliphatic rings. The average Bonchev–Trinajstić information content (AvgIpc) is 2.04. The Morgan fingerprint density at radius 1 is 1.58 bits per heavy atom. The maximum Gasteiger partial charge on any atom is 0.328 e. The van der Waals surface area contributed by atoms with Crippen molar-refractivity contribution in [2.45, 2.75) is 6.54 Å². The first kappa shape index (κ1) is 8.73. The number of aromatic nitrogens is 2. The van der Waals surface area contributed by atoms with Crippen molar-refractivity contribution in [3.8, 4) is 0 Å². The van der Waals surface area contributed by atoms with E-state index >= 15 is 0 Å². The Kier molecular flexibility index (Phi) is 2.82. The second kappa shape index (κ2) is 3.87. The molecule has 0 spiro atoms. The van der Waals surface area contributed by atoms with Crippen molar-refractivity contribution >= 4 is 0 Å². The largest absolute Gasteiger partial charge is 0.383 e. The first-order valence-electron chi connectivity index (χ1n) is 3.53. The zero-order valence-electron chi connectivity index (χ0n) is 6.74. The van der Waals surface area contributed by atoms with Crippen LogP contribution < -0.4 is 11.2 Å². The molecule has 0 aliphatic heterocycles. The van der Waals surface area contributed by atoms with Crippen LogP contribution in [0.3, 0.4) is 0 Å². The molecule has 66 valence electrons. The Balaban J connectivity index is 2.97. The van der Waals surface area contributed by atoms with Crippen molar-refractivity contribution in [1.82, 2.24) is 9.55 Å². The number of methoxy groups -OCH3 is 1. The molecule has 0 fully saturated rings. The van der Waals surface area contributed by atoms with Crippen molar-refractivity contribution in [3.63, 3.8) is 0 Å². The van der Waals surface area contributed by atoms with Gasteiger partial charge in [0.25, 0.3) is 5.56 Å². The first-order chi connectivity index (χ1) is 5.75. The summed E-state index contributed by atoms with van der Waals surface area (Å²) in [6.07, 6.45) is 1.33. The fraction of sp³-hybridized carbons (Fsp3) is 0.429. The van der Waals surface area contributed by atoms with E-state index in [2.05, 4.69) is 4.98 Å². The van der Waals surface area contributed by atoms with Crippen molar-refractivity contribution in [1.29, 1.82) is 0 Å². The summed E-state index contributed by atoms with van der Waals surface area (Å²) in [7, 11) is 1.52. The smallest absolute Gasteiger partial charge is 0.328 e. The highest BCUT2D eigenvalue weighted by Gasteiger charge is 1.97. The lowest BCUT2D eigenvalue weighted by molar-refractivity contribution is 0.185. The van der Waals surface area contributed by atoms with E-state index in [1.165, 1.54) is 19.4 Å². The molecule has 12 heavy (non-hydrogen) atoms. The van der Waals surface area contributed by atoms with Gasteiger partial charge in [0, 0.05) is 19.4 Å². The summed E-state index contributed by atoms with van der Waals surface area (Å²) in [6.45, 7) is 0.637. The Morgan fingerprint density at radius 2 is 2.33 bits per heavy atom. The molecule has 0 saturated carbocycles. The average molecular weight is 170 g/mol. The van der Waals surface area contributed by atoms with E-state index in [-0.39, 0.29) is 12.1 Å². The molecule has 0 unspecified atom stereocenters. The van der Waals surface area contributed by atoms with Gasteiger partial charge in [-0.3, -0.25) is 9.36 Å². The monoisotopic (exact) mass is 170 g/mol. The molecular formula is C7H10N2O3. The number of aromatic amines is 1. The molecule has 0 saturated heterocycles. The molecule has 1 aromatic heterocycles. The van der Waals surface area contributed by atoms with Gasteiger partial charge in [-0.25, -0.2) is 4.79 Å². The SMILES string of the molecule is COCCn1c(=O)cc[nH]c1=O. The molecule has 5 nitrogen and oxygen atoms in total. The number of hydrogen-bond donors (Lipinski definition) is 1. The molecule has 1 N–H and O–H groups in total. The van der Waals surface area contributed by atoms with Crippen LogP contribution in [0.15, 0.2) is 21.9 Å². The number of rotatable bonds is 3. The van der Waals surface area contributed by atoms with Crippen LogP contribution in [-0.4, -0.2) is 23.3 Å². The maximum absolute atomic E-state index is 11.0. The summed E-state index contributed by atoms with van der Waals surface area (Å²) in [5.74, 6) is 0. The molecule has 0 radical (unpaired) electrons. The second-order valence-corrected chi connectivity index (χ2v) is 2.27. The maximum atomic E-state index is 11.0. The van der Waals surface area contributed by atoms with E-state index in [4.69, 9.17) is 4.74 Å². The van der Waals surface area contributed by atoms with Gasteiger partial charge in [0.05, 0.1) is 13.2 Å². The van der Waals surface area contributed by atoms with Crippen LogP contribution in [0.2, 0.25) is 0 Å². The van der Waals surface area contributed by atoms with Gasteiger partial charge in [-0.1, -0.05) is 0 Å². The van der Waals surface area contributed by atoms with E-state index in [9.17, 15) is 9.59 Å². The molecule has 0 amide bonds. The van der Waals surface area contributed by atoms with E-state index in [0.717, 1.165) is 4.57 Å². The van der Waals surface area contributed by atoms with Gasteiger partial charge in [0.1, 0.15) is 0 Å². The summed E-state index contributed by atoms with van der Waals surface area (Å²) >= 11 is 0. The molecule has 1 aromatic rings. The molecule has 0 aliphatic carbocycles. The van der Waals surface area contributed by atoms with Gasteiger partial charge in [0.2, 0.25) is 0 Å². The summed E-state index contributed by atoms with van der Waals surface area (Å²) < 4.78 is 5.83. The minimum Gasteiger partial charge on any atom is -0.383 e. The van der Waals surface area contributed by atoms with Gasteiger partial charge >= 0.3 is 5.69 Å². The number of nitrogens with one attached hydrogen (secondary N) is 1. The third-order valence-corrected chi connectivity index (χ3v) is 1.46. The Labute approximate surface area is 68.6 Å². The van der Waals surface area contributed by atoms with Crippen LogP contribution in [-0.2, 0) is 11.3 Å². The molecule has 1 heterocycles. The van der Waals surface area contributed by atoms with Crippen molar-refractivity contribution < 1.29 is 4.74 Å². The van der Waals surface area contributed by atoms with Crippen LogP contribution >= 0.6 is 0 Å². The van der Waals surface area contributed by atoms with Crippen LogP contribution in [0.5, 0.6) is 0 Å². The Morgan fingerprint density at radius 3 is 2.92 bits per heavy atom. The van der Waals surface area contributed by atoms with Crippen molar-refractivity contribution in [3.05, 3.63) is 33.1 Å². The molecule has 5 heteroatoms. The molecule has 1 rings (SSSR count). The predicted molar refractivity (Wildman–Crippen MR) is 43.2 cm³/mol. The molecule has 0 aromatic carbocycles. The fourth-order valence-electron chi connectivity index (χ4n) is 0.847. The normalized spacial score (nSPS) is 10.1. The molecule has 0 bridgehead atoms. The highest BCUT2D eigenvalue weighted by atomic mass is 16.5. The lowest BCUT2D eigenvalue weighted by atomic mass is 10.6. The van der Waals surface area contributed by atoms with Gasteiger partial charge in [-0.05, 0) is 0 Å². The fourth-order valence-corrected chi connectivity index (χ4v) is 0.847. The molecule has 0 atom stereocenters. The quantitative estimate of drug-likeness (QED) is 0.644. The predicted octanol–water partition coefficient (Wildman–Crippen LogP) is -0.817. The van der Waals surface area contributed by atoms with E-state index in [0.29, 0.717) is 6.61 Å². The topological polar surface area (TPSA) is 64.1 Å². The van der Waals surface area contributed by atoms with Gasteiger partial charge < -0.3 is 9.72 Å². The summed E-state index contributed by atoms with van der Waals surface area (Å²) in [4.78, 5) is 24.4. The van der Waals surface area contributed by atoms with Gasteiger partial charge in [-0.15, -0.1) is 0 Å². The lowest BCUT2D eigenvalue weighted by Gasteiger charge is -2.00. The summed E-state index contributed by atoms with van der Waals surface area (Å²) in [5.41, 5.74) is -0.713. The molecular weight excluding hydrogens is 160 g/mol. The number of ether oxygens (including phenoxy) is 1. The zero-order chi connectivity index (χ0) is 8.97. The van der Waals surface area contributed by atoms with Gasteiger partial charge in [-0.2, -0.15) is 0 Å². The van der Waals surface area contributed by atoms with Crippen molar-refractivity contribution in [2.75, 3.05) is 13.7 Å². The second-order valence-electron chi connectivity index (χ2n) is 2.27. The minimum absolute atomic E-state index is 0.283. The third-order valence-electron chi connectivity index (χ3n) is 1.46. The lowest BCUT2D eigenvalue weighted by Crippen LogP contribution is -2.35. The summed E-state index contributed by atoms with van der Waals surface area (Å²) in [6, 6.07) is 1.30. The minimum atomic E-state index is -0.403. The highest BCUT2D eigenvalue weighted by molar-refractivity contribution is 4.82. The standard InChI is InChI=1S/C7H10N2O3/c1-12-5-4-9-6(10)2-3-8-7(9)11/h2-3H,4-5H2,1H3,(H,8,11). The highest BCUT2D eigenvalue weighted by Crippen LogP contribution is 1.72. The third kappa shape index (κ3) is 1.82. The van der Waals surface area contributed by atoms with E-state index in [1.54, 1.807) is 0 Å². The number of H-pyrrole nitrogens is 1. The van der Waals surface area contributed by atoms with E-state index in [1.807, 2.05) is 0 Å². The van der Waals surface area contributed by atoms with Crippen LogP contribution in [0.4, 0.5) is 0 Å². The van der Waals surface area contributed by atoms with Gasteiger partial charge in [0.15, 0.2) is 0 Å². The number of hydrogen-bond acceptors (Lipinski definition) is 3. The zero-order valence-corrected chi connectivity index (χ0v) is 6.74. The van der Waals surface area contributed by atoms with Crippen LogP contribution in [0.25, 0.3) is 0 Å². The first-order valence-corrected chi connectivity index (χ1v) is 3.53.